The molecule has 9 heteroatoms. The Morgan fingerprint density at radius 3 is 2.57 bits per heavy atom. The number of fused-ring (bicyclic) bond motifs is 1. The maximum atomic E-state index is 12.2. The molecule has 4 rings (SSSR count). The largest absolute Gasteiger partial charge is 0.325 e. The molecule has 0 fully saturated rings. The summed E-state index contributed by atoms with van der Waals surface area (Å²) in [7, 11) is 0. The van der Waals surface area contributed by atoms with Gasteiger partial charge in [0.15, 0.2) is 5.82 Å². The molecule has 0 atom stereocenters. The van der Waals surface area contributed by atoms with E-state index in [2.05, 4.69) is 20.1 Å². The van der Waals surface area contributed by atoms with E-state index in [0.717, 1.165) is 47.9 Å². The molecular formula is C21H21N5O3S. The van der Waals surface area contributed by atoms with Gasteiger partial charge in [-0.15, -0.1) is 22.0 Å². The van der Waals surface area contributed by atoms with Crippen LogP contribution in [-0.4, -0.2) is 31.3 Å². The number of aryl methyl sites for hydroxylation is 1. The predicted molar refractivity (Wildman–Crippen MR) is 115 cm³/mol. The van der Waals surface area contributed by atoms with Gasteiger partial charge in [-0.1, -0.05) is 6.42 Å². The molecule has 2 aromatic carbocycles. The van der Waals surface area contributed by atoms with Crippen molar-refractivity contribution in [2.24, 2.45) is 0 Å². The zero-order valence-electron chi connectivity index (χ0n) is 16.3. The van der Waals surface area contributed by atoms with Crippen LogP contribution in [0.25, 0.3) is 11.4 Å². The van der Waals surface area contributed by atoms with Gasteiger partial charge in [0.05, 0.1) is 10.7 Å². The van der Waals surface area contributed by atoms with Crippen LogP contribution in [0.1, 0.15) is 25.1 Å². The first-order chi connectivity index (χ1) is 14.6. The molecule has 0 aliphatic carbocycles. The number of carbonyl (C=O) groups is 1. The minimum atomic E-state index is -0.443. The van der Waals surface area contributed by atoms with Gasteiger partial charge >= 0.3 is 0 Å². The summed E-state index contributed by atoms with van der Waals surface area (Å²) in [6, 6.07) is 13.8. The Labute approximate surface area is 177 Å². The topological polar surface area (TPSA) is 103 Å². The lowest BCUT2D eigenvalue weighted by Gasteiger charge is -2.09. The highest BCUT2D eigenvalue weighted by Crippen LogP contribution is 2.25. The van der Waals surface area contributed by atoms with Crippen molar-refractivity contribution >= 4 is 29.0 Å². The Kier molecular flexibility index (Phi) is 6.08. The second-order valence-corrected chi connectivity index (χ2v) is 8.12. The van der Waals surface area contributed by atoms with Crippen LogP contribution in [0.5, 0.6) is 0 Å². The van der Waals surface area contributed by atoms with E-state index in [4.69, 9.17) is 0 Å². The number of amides is 1. The summed E-state index contributed by atoms with van der Waals surface area (Å²) in [6.07, 6.45) is 4.47. The number of nitro benzene ring substituents is 1. The highest BCUT2D eigenvalue weighted by Gasteiger charge is 2.16. The SMILES string of the molecule is O=C(CSc1ccc([N+](=O)[O-])cc1)Nc1ccc(-c2nnc3n2CCCCC3)cc1. The minimum Gasteiger partial charge on any atom is -0.325 e. The van der Waals surface area contributed by atoms with Crippen LogP contribution in [-0.2, 0) is 17.8 Å². The molecule has 1 aromatic heterocycles. The summed E-state index contributed by atoms with van der Waals surface area (Å²) in [5.74, 6) is 2.00. The molecule has 0 radical (unpaired) electrons. The average Bonchev–Trinajstić information content (AvgIpc) is 3.01. The standard InChI is InChI=1S/C21H21N5O3S/c27-20(14-30-18-11-9-17(10-12-18)26(28)29)22-16-7-5-15(6-8-16)21-24-23-19-4-2-1-3-13-25(19)21/h5-12H,1-4,13-14H2,(H,22,27). The molecule has 1 N–H and O–H groups in total. The lowest BCUT2D eigenvalue weighted by atomic mass is 10.2. The molecule has 0 saturated heterocycles. The van der Waals surface area contributed by atoms with Gasteiger partial charge in [-0.3, -0.25) is 14.9 Å². The maximum Gasteiger partial charge on any atom is 0.269 e. The Morgan fingerprint density at radius 2 is 1.83 bits per heavy atom. The zero-order chi connectivity index (χ0) is 20.9. The first-order valence-corrected chi connectivity index (χ1v) is 10.8. The molecule has 30 heavy (non-hydrogen) atoms. The third kappa shape index (κ3) is 4.68. The average molecular weight is 423 g/mol. The molecule has 0 unspecified atom stereocenters. The third-order valence-corrected chi connectivity index (χ3v) is 5.97. The highest BCUT2D eigenvalue weighted by atomic mass is 32.2. The van der Waals surface area contributed by atoms with E-state index in [0.29, 0.717) is 5.69 Å². The number of nitro groups is 1. The van der Waals surface area contributed by atoms with Crippen LogP contribution in [0.15, 0.2) is 53.4 Å². The smallest absolute Gasteiger partial charge is 0.269 e. The molecule has 0 saturated carbocycles. The Hall–Kier alpha value is -3.20. The summed E-state index contributed by atoms with van der Waals surface area (Å²) in [4.78, 5) is 23.3. The van der Waals surface area contributed by atoms with E-state index < -0.39 is 4.92 Å². The summed E-state index contributed by atoms with van der Waals surface area (Å²) in [5.41, 5.74) is 1.73. The molecular weight excluding hydrogens is 402 g/mol. The predicted octanol–water partition coefficient (Wildman–Crippen LogP) is 4.31. The normalized spacial score (nSPS) is 13.3. The molecule has 2 heterocycles. The fourth-order valence-electron chi connectivity index (χ4n) is 3.41. The molecule has 1 aliphatic heterocycles. The summed E-state index contributed by atoms with van der Waals surface area (Å²) in [5, 5.41) is 22.3. The molecule has 0 bridgehead atoms. The molecule has 1 amide bonds. The lowest BCUT2D eigenvalue weighted by molar-refractivity contribution is -0.384. The fraction of sp³-hybridized carbons (Fsp3) is 0.286. The quantitative estimate of drug-likeness (QED) is 0.360. The van der Waals surface area contributed by atoms with Crippen molar-refractivity contribution in [2.75, 3.05) is 11.1 Å². The van der Waals surface area contributed by atoms with Crippen LogP contribution in [0.3, 0.4) is 0 Å². The van der Waals surface area contributed by atoms with Crippen molar-refractivity contribution < 1.29 is 9.72 Å². The second kappa shape index (κ2) is 9.08. The third-order valence-electron chi connectivity index (χ3n) is 4.95. The highest BCUT2D eigenvalue weighted by molar-refractivity contribution is 8.00. The number of benzene rings is 2. The van der Waals surface area contributed by atoms with Gasteiger partial charge in [-0.25, -0.2) is 0 Å². The second-order valence-electron chi connectivity index (χ2n) is 7.07. The maximum absolute atomic E-state index is 12.2. The Morgan fingerprint density at radius 1 is 1.07 bits per heavy atom. The number of nitrogens with one attached hydrogen (secondary N) is 1. The number of hydrogen-bond donors (Lipinski definition) is 1. The lowest BCUT2D eigenvalue weighted by Crippen LogP contribution is -2.13. The number of non-ortho nitro benzene ring substituents is 1. The molecule has 0 spiro atoms. The number of rotatable bonds is 6. The van der Waals surface area contributed by atoms with Crippen LogP contribution >= 0.6 is 11.8 Å². The van der Waals surface area contributed by atoms with Gasteiger partial charge in [0.2, 0.25) is 5.91 Å². The van der Waals surface area contributed by atoms with Crippen LogP contribution < -0.4 is 5.32 Å². The zero-order valence-corrected chi connectivity index (χ0v) is 17.1. The number of nitrogens with zero attached hydrogens (tertiary/aromatic N) is 4. The summed E-state index contributed by atoms with van der Waals surface area (Å²) >= 11 is 1.33. The van der Waals surface area contributed by atoms with Gasteiger partial charge in [0.25, 0.3) is 5.69 Å². The number of anilines is 1. The van der Waals surface area contributed by atoms with Gasteiger partial charge in [-0.05, 0) is 49.2 Å². The van der Waals surface area contributed by atoms with Crippen molar-refractivity contribution in [3.63, 3.8) is 0 Å². The monoisotopic (exact) mass is 423 g/mol. The van der Waals surface area contributed by atoms with Crippen molar-refractivity contribution in [1.82, 2.24) is 14.8 Å². The van der Waals surface area contributed by atoms with E-state index in [1.54, 1.807) is 12.1 Å². The van der Waals surface area contributed by atoms with Gasteiger partial charge < -0.3 is 9.88 Å². The van der Waals surface area contributed by atoms with Crippen molar-refractivity contribution in [3.05, 3.63) is 64.5 Å². The number of carbonyl (C=O) groups excluding carboxylic acids is 1. The van der Waals surface area contributed by atoms with E-state index in [1.807, 2.05) is 24.3 Å². The van der Waals surface area contributed by atoms with E-state index in [9.17, 15) is 14.9 Å². The minimum absolute atomic E-state index is 0.0356. The first kappa shape index (κ1) is 20.1. The van der Waals surface area contributed by atoms with Crippen LogP contribution in [0.2, 0.25) is 0 Å². The van der Waals surface area contributed by atoms with Crippen molar-refractivity contribution in [2.45, 2.75) is 37.1 Å². The van der Waals surface area contributed by atoms with Crippen LogP contribution in [0.4, 0.5) is 11.4 Å². The first-order valence-electron chi connectivity index (χ1n) is 9.80. The Balaban J connectivity index is 1.35. The number of thioether (sulfide) groups is 1. The molecule has 3 aromatic rings. The van der Waals surface area contributed by atoms with Gasteiger partial charge in [0.1, 0.15) is 5.82 Å². The van der Waals surface area contributed by atoms with E-state index >= 15 is 0 Å². The van der Waals surface area contributed by atoms with Gasteiger partial charge in [-0.2, -0.15) is 0 Å². The molecule has 1 aliphatic rings. The van der Waals surface area contributed by atoms with Crippen molar-refractivity contribution in [1.29, 1.82) is 0 Å². The van der Waals surface area contributed by atoms with Crippen molar-refractivity contribution in [3.8, 4) is 11.4 Å². The van der Waals surface area contributed by atoms with Crippen LogP contribution in [0, 0.1) is 10.1 Å². The summed E-state index contributed by atoms with van der Waals surface area (Å²) in [6.45, 7) is 0.940. The number of hydrogen-bond acceptors (Lipinski definition) is 6. The van der Waals surface area contributed by atoms with E-state index in [-0.39, 0.29) is 17.3 Å². The van der Waals surface area contributed by atoms with Gasteiger partial charge in [0, 0.05) is 41.2 Å². The fourth-order valence-corrected chi connectivity index (χ4v) is 4.11. The summed E-state index contributed by atoms with van der Waals surface area (Å²) < 4.78 is 2.20. The molecule has 154 valence electrons. The van der Waals surface area contributed by atoms with E-state index in [1.165, 1.54) is 30.3 Å². The molecule has 8 nitrogen and oxygen atoms in total. The number of aromatic nitrogens is 3. The Bertz CT molecular complexity index is 1050.